The van der Waals surface area contributed by atoms with Crippen molar-refractivity contribution in [2.45, 2.75) is 88.4 Å². The monoisotopic (exact) mass is 354 g/mol. The highest BCUT2D eigenvalue weighted by atomic mass is 35.5. The van der Waals surface area contributed by atoms with Gasteiger partial charge in [-0.2, -0.15) is 0 Å². The number of hydrogen-bond acceptors (Lipinski definition) is 2. The van der Waals surface area contributed by atoms with E-state index in [-0.39, 0.29) is 23.2 Å². The number of ketones is 1. The fraction of sp³-hybridized carbons (Fsp3) is 0.842. The van der Waals surface area contributed by atoms with Gasteiger partial charge in [-0.3, -0.25) is 4.79 Å². The highest BCUT2D eigenvalue weighted by Crippen LogP contribution is 2.70. The van der Waals surface area contributed by atoms with Crippen molar-refractivity contribution >= 4 is 25.7 Å². The zero-order valence-electron chi connectivity index (χ0n) is 15.4. The summed E-state index contributed by atoms with van der Waals surface area (Å²) in [6.07, 6.45) is 7.10. The third-order valence-corrected chi connectivity index (χ3v) is 13.8. The Morgan fingerprint density at radius 2 is 1.70 bits per heavy atom. The summed E-state index contributed by atoms with van der Waals surface area (Å²) in [4.78, 5) is 11.8. The SMILES string of the molecule is CC(C)[Si](O[C@@H]1CC[C@H]2C(=O)[C@]3(Cl)CC=CC123)(C(C)C)C(C)C. The molecule has 4 atom stereocenters. The predicted molar refractivity (Wildman–Crippen MR) is 98.4 cm³/mol. The molecule has 1 spiro atoms. The van der Waals surface area contributed by atoms with E-state index in [0.717, 1.165) is 12.8 Å². The maximum absolute atomic E-state index is 12.5. The van der Waals surface area contributed by atoms with Crippen molar-refractivity contribution in [1.82, 2.24) is 0 Å². The molecule has 0 N–H and O–H groups in total. The first-order valence-corrected chi connectivity index (χ1v) is 11.7. The van der Waals surface area contributed by atoms with E-state index in [4.69, 9.17) is 16.0 Å². The number of allylic oxidation sites excluding steroid dienone is 1. The molecule has 2 fully saturated rings. The van der Waals surface area contributed by atoms with E-state index in [1.165, 1.54) is 0 Å². The van der Waals surface area contributed by atoms with Crippen LogP contribution in [0.4, 0.5) is 0 Å². The van der Waals surface area contributed by atoms with Gasteiger partial charge in [-0.25, -0.2) is 0 Å². The Morgan fingerprint density at radius 1 is 1.13 bits per heavy atom. The molecular weight excluding hydrogens is 324 g/mol. The lowest BCUT2D eigenvalue weighted by Crippen LogP contribution is -2.68. The zero-order valence-corrected chi connectivity index (χ0v) is 17.1. The summed E-state index contributed by atoms with van der Waals surface area (Å²) in [5.41, 5.74) is 1.46. The standard InChI is InChI=1S/C19H31ClO2Si/c1-12(2)23(13(3)4,14(5)6)22-16-9-8-15-17(21)19(20)11-7-10-18(15,16)19/h7,10,12-16H,8-9,11H2,1-6H3/t15-,16+,18?,19+/m0/s1. The second-order valence-electron chi connectivity index (χ2n) is 8.76. The first-order chi connectivity index (χ1) is 10.6. The van der Waals surface area contributed by atoms with Crippen LogP contribution in [0.25, 0.3) is 0 Å². The van der Waals surface area contributed by atoms with Crippen molar-refractivity contribution in [2.24, 2.45) is 11.3 Å². The molecule has 0 heterocycles. The van der Waals surface area contributed by atoms with Crippen LogP contribution in [-0.2, 0) is 9.22 Å². The van der Waals surface area contributed by atoms with E-state index in [0.29, 0.717) is 23.0 Å². The van der Waals surface area contributed by atoms with Gasteiger partial charge in [-0.15, -0.1) is 11.6 Å². The van der Waals surface area contributed by atoms with Gasteiger partial charge >= 0.3 is 0 Å². The second-order valence-corrected chi connectivity index (χ2v) is 14.8. The van der Waals surface area contributed by atoms with E-state index in [1.807, 2.05) is 0 Å². The average molecular weight is 355 g/mol. The zero-order chi connectivity index (χ0) is 17.2. The summed E-state index contributed by atoms with van der Waals surface area (Å²) >= 11 is 6.83. The highest BCUT2D eigenvalue weighted by molar-refractivity contribution is 6.77. The molecule has 0 saturated heterocycles. The van der Waals surface area contributed by atoms with Gasteiger partial charge in [0, 0.05) is 11.3 Å². The number of carbonyl (C=O) groups excluding carboxylic acids is 1. The average Bonchev–Trinajstić information content (AvgIpc) is 2.95. The molecule has 0 bridgehead atoms. The normalized spacial score (nSPS) is 39.3. The van der Waals surface area contributed by atoms with Crippen LogP contribution in [0.15, 0.2) is 12.2 Å². The number of alkyl halides is 1. The van der Waals surface area contributed by atoms with Gasteiger partial charge in [0.25, 0.3) is 0 Å². The summed E-state index contributed by atoms with van der Waals surface area (Å²) in [5, 5.41) is 0. The van der Waals surface area contributed by atoms with Crippen LogP contribution in [0.3, 0.4) is 0 Å². The van der Waals surface area contributed by atoms with Crippen molar-refractivity contribution in [1.29, 1.82) is 0 Å². The third-order valence-electron chi connectivity index (χ3n) is 7.07. The van der Waals surface area contributed by atoms with Crippen molar-refractivity contribution in [3.05, 3.63) is 12.2 Å². The molecule has 0 aromatic carbocycles. The smallest absolute Gasteiger partial charge is 0.200 e. The number of Topliss-reactive ketones (excluding diaryl/α,β-unsaturated/α-hetero) is 1. The summed E-state index contributed by atoms with van der Waals surface area (Å²) < 4.78 is 7.09. The summed E-state index contributed by atoms with van der Waals surface area (Å²) in [7, 11) is -1.95. The van der Waals surface area contributed by atoms with Crippen molar-refractivity contribution in [2.75, 3.05) is 0 Å². The van der Waals surface area contributed by atoms with E-state index in [1.54, 1.807) is 0 Å². The molecular formula is C19H31ClO2Si. The molecule has 3 aliphatic rings. The van der Waals surface area contributed by atoms with Crippen LogP contribution < -0.4 is 0 Å². The molecule has 0 aliphatic heterocycles. The molecule has 3 rings (SSSR count). The van der Waals surface area contributed by atoms with Gasteiger partial charge < -0.3 is 4.43 Å². The largest absolute Gasteiger partial charge is 0.412 e. The van der Waals surface area contributed by atoms with Crippen LogP contribution >= 0.6 is 11.6 Å². The fourth-order valence-electron chi connectivity index (χ4n) is 6.17. The molecule has 130 valence electrons. The van der Waals surface area contributed by atoms with Gasteiger partial charge in [0.1, 0.15) is 4.87 Å². The molecule has 3 aliphatic carbocycles. The molecule has 0 aromatic heterocycles. The number of hydrogen-bond donors (Lipinski definition) is 0. The maximum Gasteiger partial charge on any atom is 0.200 e. The van der Waals surface area contributed by atoms with Crippen LogP contribution in [-0.4, -0.2) is 25.1 Å². The van der Waals surface area contributed by atoms with Crippen molar-refractivity contribution < 1.29 is 9.22 Å². The van der Waals surface area contributed by atoms with Crippen LogP contribution in [0.5, 0.6) is 0 Å². The Labute approximate surface area is 147 Å². The number of carbonyl (C=O) groups is 1. The van der Waals surface area contributed by atoms with Gasteiger partial charge in [0.2, 0.25) is 8.32 Å². The van der Waals surface area contributed by atoms with Gasteiger partial charge in [0.05, 0.1) is 6.10 Å². The second kappa shape index (κ2) is 5.44. The van der Waals surface area contributed by atoms with Crippen LogP contribution in [0.2, 0.25) is 16.6 Å². The Balaban J connectivity index is 1.97. The first-order valence-electron chi connectivity index (χ1n) is 9.23. The van der Waals surface area contributed by atoms with E-state index < -0.39 is 13.2 Å². The molecule has 1 unspecified atom stereocenters. The summed E-state index contributed by atoms with van der Waals surface area (Å²) in [5.74, 6) is 0.364. The van der Waals surface area contributed by atoms with Crippen molar-refractivity contribution in [3.63, 3.8) is 0 Å². The Hall–Kier alpha value is -0.123. The van der Waals surface area contributed by atoms with Crippen molar-refractivity contribution in [3.8, 4) is 0 Å². The number of rotatable bonds is 5. The highest BCUT2D eigenvalue weighted by Gasteiger charge is 2.77. The molecule has 23 heavy (non-hydrogen) atoms. The minimum Gasteiger partial charge on any atom is -0.412 e. The molecule has 0 radical (unpaired) electrons. The van der Waals surface area contributed by atoms with Crippen LogP contribution in [0.1, 0.15) is 60.8 Å². The van der Waals surface area contributed by atoms with E-state index >= 15 is 0 Å². The van der Waals surface area contributed by atoms with Gasteiger partial charge in [-0.1, -0.05) is 53.7 Å². The summed E-state index contributed by atoms with van der Waals surface area (Å²) in [6.45, 7) is 13.9. The minimum absolute atomic E-state index is 0.0990. The lowest BCUT2D eigenvalue weighted by molar-refractivity contribution is -0.148. The predicted octanol–water partition coefficient (Wildman–Crippen LogP) is 5.46. The topological polar surface area (TPSA) is 26.3 Å². The third kappa shape index (κ3) is 1.93. The molecule has 0 amide bonds. The lowest BCUT2D eigenvalue weighted by Gasteiger charge is -2.57. The van der Waals surface area contributed by atoms with Crippen LogP contribution in [0, 0.1) is 11.3 Å². The molecule has 2 nitrogen and oxygen atoms in total. The maximum atomic E-state index is 12.5. The quantitative estimate of drug-likeness (QED) is 0.372. The Morgan fingerprint density at radius 3 is 2.22 bits per heavy atom. The van der Waals surface area contributed by atoms with E-state index in [2.05, 4.69) is 53.7 Å². The van der Waals surface area contributed by atoms with Gasteiger partial charge in [0.15, 0.2) is 5.78 Å². The fourth-order valence-corrected chi connectivity index (χ4v) is 12.3. The lowest BCUT2D eigenvalue weighted by atomic mass is 9.53. The molecule has 0 aromatic rings. The molecule has 4 heteroatoms. The summed E-state index contributed by atoms with van der Waals surface area (Å²) in [6, 6.07) is 0. The van der Waals surface area contributed by atoms with Gasteiger partial charge in [-0.05, 0) is 35.9 Å². The minimum atomic E-state index is -1.95. The number of halogens is 1. The first kappa shape index (κ1) is 17.7. The molecule has 2 saturated carbocycles. The Bertz CT molecular complexity index is 520. The van der Waals surface area contributed by atoms with E-state index in [9.17, 15) is 4.79 Å². The Kier molecular flexibility index (Phi) is 4.18.